The molecule has 0 aliphatic heterocycles. The maximum Gasteiger partial charge on any atom is 0.158 e. The van der Waals surface area contributed by atoms with Gasteiger partial charge in [-0.3, -0.25) is 4.79 Å². The predicted molar refractivity (Wildman–Crippen MR) is 61.8 cm³/mol. The molecule has 0 atom stereocenters. The average molecular weight is 219 g/mol. The molecule has 0 aromatic carbocycles. The van der Waals surface area contributed by atoms with Crippen LogP contribution in [0.3, 0.4) is 0 Å². The van der Waals surface area contributed by atoms with Gasteiger partial charge in [-0.2, -0.15) is 0 Å². The molecule has 88 valence electrons. The van der Waals surface area contributed by atoms with Gasteiger partial charge in [0.25, 0.3) is 0 Å². The highest BCUT2D eigenvalue weighted by Crippen LogP contribution is 2.62. The summed E-state index contributed by atoms with van der Waals surface area (Å²) in [4.78, 5) is 12.7. The van der Waals surface area contributed by atoms with E-state index in [1.165, 1.54) is 38.5 Å². The molecule has 5 aliphatic rings. The Hall–Kier alpha value is -0.370. The van der Waals surface area contributed by atoms with Gasteiger partial charge in [0.2, 0.25) is 0 Å². The first kappa shape index (κ1) is 9.64. The van der Waals surface area contributed by atoms with Gasteiger partial charge in [-0.1, -0.05) is 0 Å². The molecule has 0 heterocycles. The summed E-state index contributed by atoms with van der Waals surface area (Å²) < 4.78 is 0. The van der Waals surface area contributed by atoms with E-state index in [1.807, 2.05) is 0 Å². The van der Waals surface area contributed by atoms with Crippen molar-refractivity contribution in [3.8, 4) is 0 Å². The number of carbonyl (C=O) groups is 1. The fraction of sp³-hybridized carbons (Fsp3) is 0.929. The van der Waals surface area contributed by atoms with Crippen molar-refractivity contribution in [1.82, 2.24) is 0 Å². The van der Waals surface area contributed by atoms with E-state index in [1.54, 1.807) is 0 Å². The van der Waals surface area contributed by atoms with E-state index in [0.29, 0.717) is 5.78 Å². The Kier molecular flexibility index (Phi) is 1.64. The van der Waals surface area contributed by atoms with Crippen molar-refractivity contribution in [2.75, 3.05) is 0 Å². The van der Waals surface area contributed by atoms with Crippen molar-refractivity contribution >= 4 is 5.78 Å². The summed E-state index contributed by atoms with van der Waals surface area (Å²) in [5.74, 6) is 3.03. The number of nitrogens with two attached hydrogens (primary N) is 1. The zero-order valence-electron chi connectivity index (χ0n) is 9.87. The summed E-state index contributed by atoms with van der Waals surface area (Å²) in [5.41, 5.74) is 5.82. The van der Waals surface area contributed by atoms with Crippen LogP contribution < -0.4 is 5.73 Å². The van der Waals surface area contributed by atoms with Gasteiger partial charge >= 0.3 is 0 Å². The molecule has 5 rings (SSSR count). The van der Waals surface area contributed by atoms with Crippen molar-refractivity contribution < 1.29 is 4.79 Å². The van der Waals surface area contributed by atoms with Crippen LogP contribution in [0, 0.1) is 23.2 Å². The molecule has 0 aromatic rings. The van der Waals surface area contributed by atoms with E-state index in [4.69, 9.17) is 5.73 Å². The highest BCUT2D eigenvalue weighted by molar-refractivity contribution is 5.96. The number of rotatable bonds is 2. The summed E-state index contributed by atoms with van der Waals surface area (Å²) in [7, 11) is 0. The minimum atomic E-state index is -0.383. The Morgan fingerprint density at radius 2 is 1.38 bits per heavy atom. The fourth-order valence-corrected chi connectivity index (χ4v) is 5.28. The first-order valence-electron chi connectivity index (χ1n) is 6.93. The molecule has 16 heavy (non-hydrogen) atoms. The van der Waals surface area contributed by atoms with Crippen LogP contribution in [-0.2, 0) is 4.79 Å². The maximum absolute atomic E-state index is 12.7. The quantitative estimate of drug-likeness (QED) is 0.774. The number of hydrogen-bond acceptors (Lipinski definition) is 2. The van der Waals surface area contributed by atoms with Gasteiger partial charge in [0, 0.05) is 5.41 Å². The Labute approximate surface area is 97.0 Å². The molecule has 2 N–H and O–H groups in total. The molecule has 0 aromatic heterocycles. The Balaban J connectivity index is 1.68. The summed E-state index contributed by atoms with van der Waals surface area (Å²) in [6.45, 7) is 0. The van der Waals surface area contributed by atoms with E-state index in [-0.39, 0.29) is 11.0 Å². The molecule has 0 radical (unpaired) electrons. The number of ketones is 1. The first-order valence-corrected chi connectivity index (χ1v) is 6.93. The van der Waals surface area contributed by atoms with Crippen LogP contribution in [0.25, 0.3) is 0 Å². The normalized spacial score (nSPS) is 51.7. The highest BCUT2D eigenvalue weighted by atomic mass is 16.1. The van der Waals surface area contributed by atoms with Crippen molar-refractivity contribution in [2.45, 2.75) is 56.9 Å². The van der Waals surface area contributed by atoms with E-state index >= 15 is 0 Å². The van der Waals surface area contributed by atoms with Gasteiger partial charge in [-0.15, -0.1) is 0 Å². The van der Waals surface area contributed by atoms with Crippen LogP contribution in [0.15, 0.2) is 0 Å². The lowest BCUT2D eigenvalue weighted by Gasteiger charge is -2.56. The summed E-state index contributed by atoms with van der Waals surface area (Å²) in [5, 5.41) is 0. The van der Waals surface area contributed by atoms with Crippen molar-refractivity contribution in [3.05, 3.63) is 0 Å². The van der Waals surface area contributed by atoms with E-state index in [9.17, 15) is 4.79 Å². The summed E-state index contributed by atoms with van der Waals surface area (Å²) in [6.07, 6.45) is 9.66. The molecule has 0 spiro atoms. The lowest BCUT2D eigenvalue weighted by atomic mass is 9.48. The Bertz CT molecular complexity index is 320. The van der Waals surface area contributed by atoms with E-state index in [0.717, 1.165) is 30.6 Å². The first-order chi connectivity index (χ1) is 7.60. The third kappa shape index (κ3) is 1.14. The standard InChI is InChI=1S/C14H21NO/c15-14(1-2-14)12(16)13-6-9-3-10(7-13)5-11(4-9)8-13/h9-11H,1-8,15H2. The zero-order valence-corrected chi connectivity index (χ0v) is 9.87. The lowest BCUT2D eigenvalue weighted by molar-refractivity contribution is -0.146. The molecule has 5 saturated carbocycles. The second-order valence-electron chi connectivity index (χ2n) is 7.18. The predicted octanol–water partition coefficient (Wildman–Crippen LogP) is 2.26. The van der Waals surface area contributed by atoms with Crippen molar-refractivity contribution in [3.63, 3.8) is 0 Å². The third-order valence-electron chi connectivity index (χ3n) is 5.76. The molecule has 5 fully saturated rings. The van der Waals surface area contributed by atoms with Crippen molar-refractivity contribution in [2.24, 2.45) is 28.9 Å². The molecule has 5 aliphatic carbocycles. The molecular formula is C14H21NO. The fourth-order valence-electron chi connectivity index (χ4n) is 5.28. The summed E-state index contributed by atoms with van der Waals surface area (Å²) in [6, 6.07) is 0. The minimum Gasteiger partial charge on any atom is -0.319 e. The van der Waals surface area contributed by atoms with Gasteiger partial charge < -0.3 is 5.73 Å². The molecule has 2 nitrogen and oxygen atoms in total. The smallest absolute Gasteiger partial charge is 0.158 e. The number of carbonyl (C=O) groups excluding carboxylic acids is 1. The van der Waals surface area contributed by atoms with Gasteiger partial charge in [0.1, 0.15) is 0 Å². The van der Waals surface area contributed by atoms with Crippen molar-refractivity contribution in [1.29, 1.82) is 0 Å². The minimum absolute atomic E-state index is 0.0417. The average Bonchev–Trinajstić information content (AvgIpc) is 2.94. The van der Waals surface area contributed by atoms with Crippen LogP contribution in [0.5, 0.6) is 0 Å². The SMILES string of the molecule is NC1(C(=O)C23CC4CC(CC(C4)C2)C3)CC1. The van der Waals surface area contributed by atoms with Gasteiger partial charge in [0.05, 0.1) is 5.54 Å². The molecular weight excluding hydrogens is 198 g/mol. The van der Waals surface area contributed by atoms with Crippen LogP contribution in [0.4, 0.5) is 0 Å². The van der Waals surface area contributed by atoms with Crippen LogP contribution in [0.1, 0.15) is 51.4 Å². The molecule has 0 unspecified atom stereocenters. The van der Waals surface area contributed by atoms with E-state index in [2.05, 4.69) is 0 Å². The molecule has 4 bridgehead atoms. The highest BCUT2D eigenvalue weighted by Gasteiger charge is 2.60. The van der Waals surface area contributed by atoms with Crippen LogP contribution in [0.2, 0.25) is 0 Å². The van der Waals surface area contributed by atoms with E-state index < -0.39 is 0 Å². The number of hydrogen-bond donors (Lipinski definition) is 1. The van der Waals surface area contributed by atoms with Gasteiger partial charge in [0.15, 0.2) is 5.78 Å². The molecule has 0 saturated heterocycles. The summed E-state index contributed by atoms with van der Waals surface area (Å²) >= 11 is 0. The van der Waals surface area contributed by atoms with Gasteiger partial charge in [-0.25, -0.2) is 0 Å². The maximum atomic E-state index is 12.7. The number of Topliss-reactive ketones (excluding diaryl/α,β-unsaturated/α-hetero) is 1. The lowest BCUT2D eigenvalue weighted by Crippen LogP contribution is -2.55. The topological polar surface area (TPSA) is 43.1 Å². The largest absolute Gasteiger partial charge is 0.319 e. The monoisotopic (exact) mass is 219 g/mol. The van der Waals surface area contributed by atoms with Gasteiger partial charge in [-0.05, 0) is 69.1 Å². The molecule has 0 amide bonds. The van der Waals surface area contributed by atoms with Crippen LogP contribution >= 0.6 is 0 Å². The second-order valence-corrected chi connectivity index (χ2v) is 7.18. The third-order valence-corrected chi connectivity index (χ3v) is 5.76. The Morgan fingerprint density at radius 1 is 0.938 bits per heavy atom. The second kappa shape index (κ2) is 2.72. The molecule has 2 heteroatoms. The van der Waals surface area contributed by atoms with Crippen LogP contribution in [-0.4, -0.2) is 11.3 Å². The Morgan fingerprint density at radius 3 is 1.75 bits per heavy atom. The zero-order chi connectivity index (χ0) is 11.0.